The maximum Gasteiger partial charge on any atom is 0.269 e. The second kappa shape index (κ2) is 7.36. The van der Waals surface area contributed by atoms with Crippen molar-refractivity contribution in [2.24, 2.45) is 5.41 Å². The predicted octanol–water partition coefficient (Wildman–Crippen LogP) is 2.52. The van der Waals surface area contributed by atoms with Crippen molar-refractivity contribution in [3.05, 3.63) is 39.9 Å². The zero-order valence-corrected chi connectivity index (χ0v) is 12.4. The van der Waals surface area contributed by atoms with Crippen molar-refractivity contribution in [2.45, 2.75) is 39.7 Å². The molecule has 0 saturated carbocycles. The Bertz CT molecular complexity index is 424. The number of aliphatic hydroxyl groups is 1. The fourth-order valence-electron chi connectivity index (χ4n) is 2.15. The summed E-state index contributed by atoms with van der Waals surface area (Å²) >= 11 is 0. The number of hydrogen-bond donors (Lipinski definition) is 2. The molecule has 1 aromatic rings. The van der Waals surface area contributed by atoms with E-state index in [0.29, 0.717) is 0 Å². The quantitative estimate of drug-likeness (QED) is 0.594. The average molecular weight is 280 g/mol. The summed E-state index contributed by atoms with van der Waals surface area (Å²) in [4.78, 5) is 10.2. The van der Waals surface area contributed by atoms with Gasteiger partial charge >= 0.3 is 0 Å². The lowest BCUT2D eigenvalue weighted by atomic mass is 9.85. The summed E-state index contributed by atoms with van der Waals surface area (Å²) in [6.45, 7) is 7.40. The van der Waals surface area contributed by atoms with Crippen LogP contribution in [0, 0.1) is 15.5 Å². The molecule has 0 saturated heterocycles. The zero-order valence-electron chi connectivity index (χ0n) is 12.4. The summed E-state index contributed by atoms with van der Waals surface area (Å²) in [5.74, 6) is 0. The molecule has 0 aliphatic carbocycles. The fourth-order valence-corrected chi connectivity index (χ4v) is 2.15. The van der Waals surface area contributed by atoms with Crippen molar-refractivity contribution in [1.29, 1.82) is 0 Å². The van der Waals surface area contributed by atoms with E-state index in [1.807, 2.05) is 0 Å². The molecule has 0 spiro atoms. The molecule has 1 rings (SSSR count). The van der Waals surface area contributed by atoms with Crippen molar-refractivity contribution in [3.8, 4) is 0 Å². The van der Waals surface area contributed by atoms with Gasteiger partial charge in [-0.1, -0.05) is 32.9 Å². The first-order chi connectivity index (χ1) is 9.34. The Balaban J connectivity index is 2.48. The van der Waals surface area contributed by atoms with Gasteiger partial charge in [-0.2, -0.15) is 0 Å². The number of nitro benzene ring substituents is 1. The van der Waals surface area contributed by atoms with E-state index in [1.165, 1.54) is 12.1 Å². The Hall–Kier alpha value is -1.46. The topological polar surface area (TPSA) is 75.4 Å². The number of nitro groups is 1. The normalized spacial score (nSPS) is 13.2. The first-order valence-corrected chi connectivity index (χ1v) is 6.92. The maximum absolute atomic E-state index is 10.6. The van der Waals surface area contributed by atoms with Crippen molar-refractivity contribution < 1.29 is 10.0 Å². The van der Waals surface area contributed by atoms with Crippen LogP contribution < -0.4 is 5.32 Å². The second-order valence-corrected chi connectivity index (χ2v) is 6.06. The van der Waals surface area contributed by atoms with Crippen LogP contribution in [0.5, 0.6) is 0 Å². The molecule has 1 atom stereocenters. The van der Waals surface area contributed by atoms with Gasteiger partial charge < -0.3 is 10.4 Å². The summed E-state index contributed by atoms with van der Waals surface area (Å²) < 4.78 is 0. The Morgan fingerprint density at radius 2 is 1.90 bits per heavy atom. The van der Waals surface area contributed by atoms with Crippen LogP contribution in [-0.4, -0.2) is 29.2 Å². The standard InChI is InChI=1S/C15H24N2O3/c1-15(2,3)14(9-11-18)16-10-8-12-4-6-13(7-5-12)17(19)20/h4-7,14,16,18H,8-11H2,1-3H3. The summed E-state index contributed by atoms with van der Waals surface area (Å²) in [5.41, 5.74) is 1.28. The van der Waals surface area contributed by atoms with E-state index in [0.717, 1.165) is 24.9 Å². The highest BCUT2D eigenvalue weighted by atomic mass is 16.6. The monoisotopic (exact) mass is 280 g/mol. The number of rotatable bonds is 7. The largest absolute Gasteiger partial charge is 0.396 e. The molecule has 0 aliphatic heterocycles. The van der Waals surface area contributed by atoms with E-state index in [-0.39, 0.29) is 28.7 Å². The van der Waals surface area contributed by atoms with Crippen LogP contribution in [0.25, 0.3) is 0 Å². The summed E-state index contributed by atoms with van der Waals surface area (Å²) in [5, 5.41) is 23.1. The fraction of sp³-hybridized carbons (Fsp3) is 0.600. The number of nitrogens with one attached hydrogen (secondary N) is 1. The molecule has 1 aromatic carbocycles. The van der Waals surface area contributed by atoms with Crippen molar-refractivity contribution in [1.82, 2.24) is 5.32 Å². The van der Waals surface area contributed by atoms with E-state index in [2.05, 4.69) is 26.1 Å². The second-order valence-electron chi connectivity index (χ2n) is 6.06. The molecule has 5 heteroatoms. The highest BCUT2D eigenvalue weighted by Gasteiger charge is 2.23. The molecule has 0 radical (unpaired) electrons. The number of benzene rings is 1. The lowest BCUT2D eigenvalue weighted by Crippen LogP contribution is -2.41. The van der Waals surface area contributed by atoms with Gasteiger partial charge in [-0.15, -0.1) is 0 Å². The molecule has 2 N–H and O–H groups in total. The third-order valence-corrected chi connectivity index (χ3v) is 3.41. The van der Waals surface area contributed by atoms with Gasteiger partial charge in [0.25, 0.3) is 5.69 Å². The Morgan fingerprint density at radius 3 is 2.35 bits per heavy atom. The zero-order chi connectivity index (χ0) is 15.2. The molecule has 0 heterocycles. The highest BCUT2D eigenvalue weighted by Crippen LogP contribution is 2.21. The third kappa shape index (κ3) is 5.27. The molecule has 0 amide bonds. The van der Waals surface area contributed by atoms with Crippen LogP contribution in [0.1, 0.15) is 32.8 Å². The lowest BCUT2D eigenvalue weighted by molar-refractivity contribution is -0.384. The Kier molecular flexibility index (Phi) is 6.10. The molecule has 0 bridgehead atoms. The van der Waals surface area contributed by atoms with Crippen LogP contribution in [0.2, 0.25) is 0 Å². The van der Waals surface area contributed by atoms with Gasteiger partial charge in [-0.3, -0.25) is 10.1 Å². The smallest absolute Gasteiger partial charge is 0.269 e. The minimum absolute atomic E-state index is 0.0954. The molecule has 0 fully saturated rings. The third-order valence-electron chi connectivity index (χ3n) is 3.41. The van der Waals surface area contributed by atoms with Crippen molar-refractivity contribution in [2.75, 3.05) is 13.2 Å². The Morgan fingerprint density at radius 1 is 1.30 bits per heavy atom. The maximum atomic E-state index is 10.6. The molecular formula is C15H24N2O3. The van der Waals surface area contributed by atoms with E-state index in [9.17, 15) is 10.1 Å². The summed E-state index contributed by atoms with van der Waals surface area (Å²) in [6, 6.07) is 6.90. The highest BCUT2D eigenvalue weighted by molar-refractivity contribution is 5.32. The molecular weight excluding hydrogens is 256 g/mol. The predicted molar refractivity (Wildman–Crippen MR) is 79.7 cm³/mol. The first-order valence-electron chi connectivity index (χ1n) is 6.92. The van der Waals surface area contributed by atoms with Crippen molar-refractivity contribution >= 4 is 5.69 Å². The van der Waals surface area contributed by atoms with E-state index < -0.39 is 0 Å². The van der Waals surface area contributed by atoms with E-state index in [1.54, 1.807) is 12.1 Å². The minimum Gasteiger partial charge on any atom is -0.396 e. The van der Waals surface area contributed by atoms with E-state index in [4.69, 9.17) is 5.11 Å². The van der Waals surface area contributed by atoms with Gasteiger partial charge in [0.2, 0.25) is 0 Å². The molecule has 20 heavy (non-hydrogen) atoms. The van der Waals surface area contributed by atoms with Gasteiger partial charge in [0.15, 0.2) is 0 Å². The van der Waals surface area contributed by atoms with Crippen LogP contribution in [0.15, 0.2) is 24.3 Å². The Labute approximate surface area is 120 Å². The van der Waals surface area contributed by atoms with E-state index >= 15 is 0 Å². The van der Waals surface area contributed by atoms with Crippen LogP contribution in [-0.2, 0) is 6.42 Å². The number of non-ortho nitro benzene ring substituents is 1. The van der Waals surface area contributed by atoms with Gasteiger partial charge in [-0.05, 0) is 30.4 Å². The van der Waals surface area contributed by atoms with Crippen molar-refractivity contribution in [3.63, 3.8) is 0 Å². The van der Waals surface area contributed by atoms with Crippen LogP contribution in [0.3, 0.4) is 0 Å². The summed E-state index contributed by atoms with van der Waals surface area (Å²) in [7, 11) is 0. The molecule has 0 aliphatic rings. The van der Waals surface area contributed by atoms with Crippen LogP contribution >= 0.6 is 0 Å². The van der Waals surface area contributed by atoms with Gasteiger partial charge in [0.05, 0.1) is 4.92 Å². The number of hydrogen-bond acceptors (Lipinski definition) is 4. The molecule has 112 valence electrons. The SMILES string of the molecule is CC(C)(C)C(CCO)NCCc1ccc([N+](=O)[O-])cc1. The average Bonchev–Trinajstić information content (AvgIpc) is 2.37. The summed E-state index contributed by atoms with van der Waals surface area (Å²) in [6.07, 6.45) is 1.54. The molecule has 5 nitrogen and oxygen atoms in total. The molecule has 0 aromatic heterocycles. The number of aliphatic hydroxyl groups excluding tert-OH is 1. The van der Waals surface area contributed by atoms with Gasteiger partial charge in [0.1, 0.15) is 0 Å². The van der Waals surface area contributed by atoms with Gasteiger partial charge in [-0.25, -0.2) is 0 Å². The minimum atomic E-state index is -0.390. The first kappa shape index (κ1) is 16.6. The van der Waals surface area contributed by atoms with Crippen LogP contribution in [0.4, 0.5) is 5.69 Å². The lowest BCUT2D eigenvalue weighted by Gasteiger charge is -2.31. The number of nitrogens with zero attached hydrogens (tertiary/aromatic N) is 1. The molecule has 1 unspecified atom stereocenters. The van der Waals surface area contributed by atoms with Gasteiger partial charge in [0, 0.05) is 24.8 Å².